The molecule has 0 radical (unpaired) electrons. The second kappa shape index (κ2) is 4.99. The van der Waals surface area contributed by atoms with Crippen molar-refractivity contribution in [3.63, 3.8) is 0 Å². The van der Waals surface area contributed by atoms with Crippen molar-refractivity contribution >= 4 is 11.8 Å². The van der Waals surface area contributed by atoms with Crippen LogP contribution in [0.2, 0.25) is 0 Å². The SMILES string of the molecule is FC(F)(F)CC=CSc1ncccn1. The monoisotopic (exact) mass is 220 g/mol. The lowest BCUT2D eigenvalue weighted by atomic mass is 10.4. The number of hydrogen-bond donors (Lipinski definition) is 0. The number of allylic oxidation sites excluding steroid dienone is 1. The third-order valence-electron chi connectivity index (χ3n) is 1.16. The van der Waals surface area contributed by atoms with Crippen molar-refractivity contribution in [1.29, 1.82) is 0 Å². The van der Waals surface area contributed by atoms with Crippen LogP contribution in [-0.2, 0) is 0 Å². The van der Waals surface area contributed by atoms with Crippen LogP contribution in [0.15, 0.2) is 35.1 Å². The van der Waals surface area contributed by atoms with Gasteiger partial charge in [0.05, 0.1) is 6.42 Å². The van der Waals surface area contributed by atoms with Crippen LogP contribution in [0.3, 0.4) is 0 Å². The lowest BCUT2D eigenvalue weighted by molar-refractivity contribution is -0.124. The number of hydrogen-bond acceptors (Lipinski definition) is 3. The molecule has 0 N–H and O–H groups in total. The Balaban J connectivity index is 2.35. The standard InChI is InChI=1S/C8H7F3N2S/c9-8(10,11)3-1-6-14-7-12-4-2-5-13-7/h1-2,4-6H,3H2. The maximum atomic E-state index is 11.7. The van der Waals surface area contributed by atoms with E-state index in [0.717, 1.165) is 17.8 Å². The summed E-state index contributed by atoms with van der Waals surface area (Å²) in [5.74, 6) is 0. The maximum Gasteiger partial charge on any atom is 0.392 e. The Morgan fingerprint density at radius 2 is 1.93 bits per heavy atom. The quantitative estimate of drug-likeness (QED) is 0.578. The minimum absolute atomic E-state index is 0.436. The lowest BCUT2D eigenvalue weighted by Gasteiger charge is -1.99. The molecule has 0 saturated carbocycles. The van der Waals surface area contributed by atoms with Gasteiger partial charge in [0.2, 0.25) is 0 Å². The predicted octanol–water partition coefficient (Wildman–Crippen LogP) is 3.03. The number of aromatic nitrogens is 2. The summed E-state index contributed by atoms with van der Waals surface area (Å²) in [6, 6.07) is 1.64. The Labute approximate surface area is 83.3 Å². The molecule has 76 valence electrons. The minimum Gasteiger partial charge on any atom is -0.231 e. The smallest absolute Gasteiger partial charge is 0.231 e. The average Bonchev–Trinajstić information content (AvgIpc) is 2.13. The Morgan fingerprint density at radius 3 is 2.50 bits per heavy atom. The molecule has 14 heavy (non-hydrogen) atoms. The van der Waals surface area contributed by atoms with Crippen molar-refractivity contribution in [2.75, 3.05) is 0 Å². The third kappa shape index (κ3) is 4.86. The first kappa shape index (κ1) is 11.0. The van der Waals surface area contributed by atoms with Crippen LogP contribution < -0.4 is 0 Å². The van der Waals surface area contributed by atoms with Gasteiger partial charge in [0, 0.05) is 12.4 Å². The highest BCUT2D eigenvalue weighted by Crippen LogP contribution is 2.21. The van der Waals surface area contributed by atoms with Crippen LogP contribution in [0, 0.1) is 0 Å². The summed E-state index contributed by atoms with van der Waals surface area (Å²) in [5.41, 5.74) is 0. The van der Waals surface area contributed by atoms with Gasteiger partial charge < -0.3 is 0 Å². The van der Waals surface area contributed by atoms with Crippen molar-refractivity contribution in [2.45, 2.75) is 17.8 Å². The van der Waals surface area contributed by atoms with E-state index in [4.69, 9.17) is 0 Å². The van der Waals surface area contributed by atoms with Crippen LogP contribution in [-0.4, -0.2) is 16.1 Å². The fourth-order valence-corrected chi connectivity index (χ4v) is 1.19. The Hall–Kier alpha value is -1.04. The number of rotatable bonds is 3. The van der Waals surface area contributed by atoms with Gasteiger partial charge in [0.15, 0.2) is 5.16 Å². The zero-order chi connectivity index (χ0) is 10.4. The Bertz CT molecular complexity index is 297. The summed E-state index contributed by atoms with van der Waals surface area (Å²) in [4.78, 5) is 7.66. The molecule has 0 aliphatic rings. The van der Waals surface area contributed by atoms with E-state index < -0.39 is 12.6 Å². The van der Waals surface area contributed by atoms with Crippen molar-refractivity contribution < 1.29 is 13.2 Å². The number of thioether (sulfide) groups is 1. The van der Waals surface area contributed by atoms with Crippen molar-refractivity contribution in [3.05, 3.63) is 29.9 Å². The van der Waals surface area contributed by atoms with Gasteiger partial charge >= 0.3 is 6.18 Å². The molecule has 0 unspecified atom stereocenters. The van der Waals surface area contributed by atoms with Crippen molar-refractivity contribution in [1.82, 2.24) is 9.97 Å². The Morgan fingerprint density at radius 1 is 1.29 bits per heavy atom. The molecule has 1 aromatic rings. The van der Waals surface area contributed by atoms with Gasteiger partial charge in [-0.3, -0.25) is 0 Å². The van der Waals surface area contributed by atoms with E-state index in [1.165, 1.54) is 17.8 Å². The molecule has 0 atom stereocenters. The normalized spacial score (nSPS) is 12.2. The summed E-state index contributed by atoms with van der Waals surface area (Å²) >= 11 is 1.06. The van der Waals surface area contributed by atoms with Crippen LogP contribution in [0.25, 0.3) is 0 Å². The number of nitrogens with zero attached hydrogens (tertiary/aromatic N) is 2. The first-order valence-corrected chi connectivity index (χ1v) is 4.61. The van der Waals surface area contributed by atoms with E-state index in [-0.39, 0.29) is 0 Å². The molecule has 0 saturated heterocycles. The van der Waals surface area contributed by atoms with Crippen molar-refractivity contribution in [2.24, 2.45) is 0 Å². The molecule has 2 nitrogen and oxygen atoms in total. The molecule has 0 bridgehead atoms. The Kier molecular flexibility index (Phi) is 3.94. The van der Waals surface area contributed by atoms with E-state index in [1.807, 2.05) is 0 Å². The molecule has 1 aromatic heterocycles. The van der Waals surface area contributed by atoms with Gasteiger partial charge in [0.1, 0.15) is 0 Å². The van der Waals surface area contributed by atoms with E-state index in [1.54, 1.807) is 6.07 Å². The summed E-state index contributed by atoms with van der Waals surface area (Å²) < 4.78 is 35.1. The second-order valence-corrected chi connectivity index (χ2v) is 3.21. The van der Waals surface area contributed by atoms with E-state index in [2.05, 4.69) is 9.97 Å². The van der Waals surface area contributed by atoms with Crippen molar-refractivity contribution in [3.8, 4) is 0 Å². The average molecular weight is 220 g/mol. The van der Waals surface area contributed by atoms with Gasteiger partial charge in [-0.15, -0.1) is 0 Å². The van der Waals surface area contributed by atoms with Gasteiger partial charge in [0.25, 0.3) is 0 Å². The fraction of sp³-hybridized carbons (Fsp3) is 0.250. The maximum absolute atomic E-state index is 11.7. The van der Waals surface area contributed by atoms with Gasteiger partial charge in [-0.1, -0.05) is 17.8 Å². The van der Waals surface area contributed by atoms with Gasteiger partial charge in [-0.2, -0.15) is 13.2 Å². The molecule has 0 spiro atoms. The summed E-state index contributed by atoms with van der Waals surface area (Å²) in [7, 11) is 0. The molecule has 0 aromatic carbocycles. The summed E-state index contributed by atoms with van der Waals surface area (Å²) in [6.07, 6.45) is -0.956. The van der Waals surface area contributed by atoms with E-state index in [9.17, 15) is 13.2 Å². The topological polar surface area (TPSA) is 25.8 Å². The molecule has 0 amide bonds. The molecule has 0 aliphatic heterocycles. The lowest BCUT2D eigenvalue weighted by Crippen LogP contribution is -2.03. The fourth-order valence-electron chi connectivity index (χ4n) is 0.637. The zero-order valence-corrected chi connectivity index (χ0v) is 7.85. The van der Waals surface area contributed by atoms with E-state index >= 15 is 0 Å². The zero-order valence-electron chi connectivity index (χ0n) is 7.03. The van der Waals surface area contributed by atoms with Crippen LogP contribution in [0.1, 0.15) is 6.42 Å². The van der Waals surface area contributed by atoms with Crippen LogP contribution in [0.5, 0.6) is 0 Å². The summed E-state index contributed by atoms with van der Waals surface area (Å²) in [6.45, 7) is 0. The highest BCUT2D eigenvalue weighted by Gasteiger charge is 2.24. The molecular weight excluding hydrogens is 213 g/mol. The molecular formula is C8H7F3N2S. The highest BCUT2D eigenvalue weighted by molar-refractivity contribution is 8.02. The minimum atomic E-state index is -4.14. The third-order valence-corrected chi connectivity index (χ3v) is 1.91. The summed E-state index contributed by atoms with van der Waals surface area (Å²) in [5, 5.41) is 1.77. The largest absolute Gasteiger partial charge is 0.392 e. The van der Waals surface area contributed by atoms with E-state index in [0.29, 0.717) is 5.16 Å². The highest BCUT2D eigenvalue weighted by atomic mass is 32.2. The number of halogens is 3. The first-order chi connectivity index (χ1) is 6.58. The van der Waals surface area contributed by atoms with Gasteiger partial charge in [-0.05, 0) is 11.5 Å². The molecule has 0 aliphatic carbocycles. The van der Waals surface area contributed by atoms with Crippen LogP contribution in [0.4, 0.5) is 13.2 Å². The second-order valence-electron chi connectivity index (χ2n) is 2.34. The molecule has 0 fully saturated rings. The molecule has 1 heterocycles. The number of alkyl halides is 3. The molecule has 6 heteroatoms. The van der Waals surface area contributed by atoms with Crippen LogP contribution >= 0.6 is 11.8 Å². The first-order valence-electron chi connectivity index (χ1n) is 3.73. The molecule has 1 rings (SSSR count). The van der Waals surface area contributed by atoms with Gasteiger partial charge in [-0.25, -0.2) is 9.97 Å². The predicted molar refractivity (Wildman–Crippen MR) is 47.7 cm³/mol.